The molecule has 1 aliphatic heterocycles. The fourth-order valence-electron chi connectivity index (χ4n) is 2.96. The number of nitrogens with zero attached hydrogens (tertiary/aromatic N) is 1. The van der Waals surface area contributed by atoms with Gasteiger partial charge < -0.3 is 19.5 Å². The minimum Gasteiger partial charge on any atom is -0.490 e. The van der Waals surface area contributed by atoms with Crippen LogP contribution >= 0.6 is 46.0 Å². The highest BCUT2D eigenvalue weighted by atomic mass is 127. The normalized spacial score (nSPS) is 14.3. The number of carbonyl (C=O) groups excluding carboxylic acids is 4. The predicted molar refractivity (Wildman–Crippen MR) is 141 cm³/mol. The summed E-state index contributed by atoms with van der Waals surface area (Å²) >= 11 is 8.67. The summed E-state index contributed by atoms with van der Waals surface area (Å²) in [6, 6.07) is 9.89. The van der Waals surface area contributed by atoms with Crippen LogP contribution < -0.4 is 14.8 Å². The van der Waals surface area contributed by atoms with E-state index in [2.05, 4.69) is 10.1 Å². The monoisotopic (exact) mass is 630 g/mol. The fraction of sp³-hybridized carbons (Fsp3) is 0.217. The zero-order valence-corrected chi connectivity index (χ0v) is 22.4. The molecule has 0 bridgehead atoms. The third-order valence-corrected chi connectivity index (χ3v) is 6.42. The number of esters is 1. The molecule has 184 valence electrons. The Kier molecular flexibility index (Phi) is 9.40. The highest BCUT2D eigenvalue weighted by molar-refractivity contribution is 14.1. The van der Waals surface area contributed by atoms with Crippen LogP contribution in [0, 0.1) is 3.57 Å². The summed E-state index contributed by atoms with van der Waals surface area (Å²) in [7, 11) is 1.26. The SMILES string of the molecule is CCOc1cc(/C=C2/SC(=O)N(CC(=O)Nc3cccc(Cl)c3)C2=O)cc(I)c1OCC(=O)OC. The van der Waals surface area contributed by atoms with Crippen molar-refractivity contribution in [3.63, 3.8) is 0 Å². The van der Waals surface area contributed by atoms with Gasteiger partial charge in [0.2, 0.25) is 5.91 Å². The lowest BCUT2D eigenvalue weighted by Gasteiger charge is -2.14. The molecule has 0 saturated carbocycles. The first-order valence-electron chi connectivity index (χ1n) is 10.2. The summed E-state index contributed by atoms with van der Waals surface area (Å²) in [5.41, 5.74) is 1.04. The maximum absolute atomic E-state index is 12.8. The maximum atomic E-state index is 12.8. The van der Waals surface area contributed by atoms with Crippen LogP contribution in [0.25, 0.3) is 6.08 Å². The van der Waals surface area contributed by atoms with E-state index in [1.807, 2.05) is 22.6 Å². The van der Waals surface area contributed by atoms with E-state index in [0.29, 0.717) is 37.9 Å². The second-order valence-electron chi connectivity index (χ2n) is 6.95. The molecule has 1 N–H and O–H groups in total. The van der Waals surface area contributed by atoms with E-state index >= 15 is 0 Å². The number of imide groups is 1. The molecule has 1 aliphatic rings. The average Bonchev–Trinajstić information content (AvgIpc) is 3.05. The standard InChI is InChI=1S/C23H20ClIN2O7S/c1-3-33-17-8-13(7-16(25)21(17)34-12-20(29)32-2)9-18-22(30)27(23(31)35-18)11-19(28)26-15-6-4-5-14(24)10-15/h4-10H,3,11-12H2,1-2H3,(H,26,28)/b18-9+. The molecule has 3 amide bonds. The minimum atomic E-state index is -0.583. The third kappa shape index (κ3) is 7.12. The maximum Gasteiger partial charge on any atom is 0.343 e. The van der Waals surface area contributed by atoms with Gasteiger partial charge >= 0.3 is 5.97 Å². The molecule has 35 heavy (non-hydrogen) atoms. The molecule has 3 rings (SSSR count). The van der Waals surface area contributed by atoms with Gasteiger partial charge in [-0.2, -0.15) is 0 Å². The summed E-state index contributed by atoms with van der Waals surface area (Å²) in [6.45, 7) is 1.41. The Bertz CT molecular complexity index is 1200. The Morgan fingerprint density at radius 3 is 2.66 bits per heavy atom. The second kappa shape index (κ2) is 12.3. The van der Waals surface area contributed by atoms with E-state index in [9.17, 15) is 19.2 Å². The summed E-state index contributed by atoms with van der Waals surface area (Å²) in [4.78, 5) is 50.1. The molecule has 2 aromatic carbocycles. The predicted octanol–water partition coefficient (Wildman–Crippen LogP) is 4.57. The van der Waals surface area contributed by atoms with Crippen molar-refractivity contribution < 1.29 is 33.4 Å². The first-order valence-corrected chi connectivity index (χ1v) is 12.5. The number of hydrogen-bond donors (Lipinski definition) is 1. The minimum absolute atomic E-state index is 0.159. The van der Waals surface area contributed by atoms with Crippen LogP contribution in [0.15, 0.2) is 41.3 Å². The molecule has 0 aliphatic carbocycles. The number of ether oxygens (including phenoxy) is 3. The highest BCUT2D eigenvalue weighted by Crippen LogP contribution is 2.37. The molecular formula is C23H20ClIN2O7S. The lowest BCUT2D eigenvalue weighted by Crippen LogP contribution is -2.36. The molecule has 2 aromatic rings. The lowest BCUT2D eigenvalue weighted by atomic mass is 10.2. The van der Waals surface area contributed by atoms with Crippen molar-refractivity contribution in [1.82, 2.24) is 4.90 Å². The zero-order valence-electron chi connectivity index (χ0n) is 18.6. The second-order valence-corrected chi connectivity index (χ2v) is 9.55. The van der Waals surface area contributed by atoms with Crippen LogP contribution in [-0.4, -0.2) is 54.8 Å². The quantitative estimate of drug-likeness (QED) is 0.244. The number of methoxy groups -OCH3 is 1. The molecule has 12 heteroatoms. The molecule has 0 spiro atoms. The topological polar surface area (TPSA) is 111 Å². The van der Waals surface area contributed by atoms with Crippen molar-refractivity contribution in [1.29, 1.82) is 0 Å². The highest BCUT2D eigenvalue weighted by Gasteiger charge is 2.36. The van der Waals surface area contributed by atoms with Gasteiger partial charge in [-0.25, -0.2) is 4.79 Å². The number of halogens is 2. The largest absolute Gasteiger partial charge is 0.490 e. The smallest absolute Gasteiger partial charge is 0.343 e. The van der Waals surface area contributed by atoms with E-state index in [1.165, 1.54) is 13.2 Å². The molecule has 0 atom stereocenters. The lowest BCUT2D eigenvalue weighted by molar-refractivity contribution is -0.143. The van der Waals surface area contributed by atoms with Gasteiger partial charge in [0.05, 0.1) is 22.2 Å². The van der Waals surface area contributed by atoms with Crippen molar-refractivity contribution in [3.05, 3.63) is 55.5 Å². The molecule has 9 nitrogen and oxygen atoms in total. The van der Waals surface area contributed by atoms with Crippen LogP contribution in [-0.2, 0) is 19.1 Å². The van der Waals surface area contributed by atoms with Gasteiger partial charge in [0.1, 0.15) is 6.54 Å². The van der Waals surface area contributed by atoms with Crippen LogP contribution in [0.5, 0.6) is 11.5 Å². The molecule has 1 heterocycles. The van der Waals surface area contributed by atoms with Crippen LogP contribution in [0.3, 0.4) is 0 Å². The van der Waals surface area contributed by atoms with Gasteiger partial charge in [-0.15, -0.1) is 0 Å². The summed E-state index contributed by atoms with van der Waals surface area (Å²) in [5.74, 6) is -0.924. The van der Waals surface area contributed by atoms with Gasteiger partial charge in [-0.1, -0.05) is 17.7 Å². The van der Waals surface area contributed by atoms with E-state index in [4.69, 9.17) is 21.1 Å². The van der Waals surface area contributed by atoms with Crippen LogP contribution in [0.2, 0.25) is 5.02 Å². The Hall–Kier alpha value is -2.77. The Labute approximate surface area is 224 Å². The van der Waals surface area contributed by atoms with E-state index in [0.717, 1.165) is 16.7 Å². The van der Waals surface area contributed by atoms with Crippen molar-refractivity contribution in [2.24, 2.45) is 0 Å². The molecule has 1 saturated heterocycles. The molecule has 0 aromatic heterocycles. The number of nitrogens with one attached hydrogen (secondary N) is 1. The Morgan fingerprint density at radius 1 is 1.20 bits per heavy atom. The van der Waals surface area contributed by atoms with Crippen molar-refractivity contribution in [3.8, 4) is 11.5 Å². The van der Waals surface area contributed by atoms with Crippen molar-refractivity contribution >= 4 is 80.7 Å². The van der Waals surface area contributed by atoms with E-state index in [-0.39, 0.29) is 11.5 Å². The first-order chi connectivity index (χ1) is 16.7. The van der Waals surface area contributed by atoms with Gasteiger partial charge in [0.25, 0.3) is 11.1 Å². The van der Waals surface area contributed by atoms with Gasteiger partial charge in [0.15, 0.2) is 18.1 Å². The first kappa shape index (κ1) is 26.8. The number of rotatable bonds is 9. The molecular weight excluding hydrogens is 611 g/mol. The van der Waals surface area contributed by atoms with E-state index in [1.54, 1.807) is 43.3 Å². The fourth-order valence-corrected chi connectivity index (χ4v) is 4.77. The van der Waals surface area contributed by atoms with Crippen LogP contribution in [0.4, 0.5) is 10.5 Å². The number of hydrogen-bond acceptors (Lipinski definition) is 8. The van der Waals surface area contributed by atoms with Crippen LogP contribution in [0.1, 0.15) is 12.5 Å². The van der Waals surface area contributed by atoms with Gasteiger partial charge in [0, 0.05) is 10.7 Å². The number of carbonyl (C=O) groups is 4. The number of anilines is 1. The summed E-state index contributed by atoms with van der Waals surface area (Å²) in [6.07, 6.45) is 1.54. The van der Waals surface area contributed by atoms with Gasteiger partial charge in [-0.3, -0.25) is 19.3 Å². The number of thioether (sulfide) groups is 1. The molecule has 0 unspecified atom stereocenters. The van der Waals surface area contributed by atoms with Crippen molar-refractivity contribution in [2.45, 2.75) is 6.92 Å². The summed E-state index contributed by atoms with van der Waals surface area (Å²) < 4.78 is 16.4. The van der Waals surface area contributed by atoms with E-state index < -0.39 is 29.6 Å². The third-order valence-electron chi connectivity index (χ3n) is 4.48. The summed E-state index contributed by atoms with van der Waals surface area (Å²) in [5, 5.41) is 2.50. The number of amides is 3. The molecule has 0 radical (unpaired) electrons. The Balaban J connectivity index is 1.76. The Morgan fingerprint density at radius 2 is 1.97 bits per heavy atom. The van der Waals surface area contributed by atoms with Crippen molar-refractivity contribution in [2.75, 3.05) is 32.2 Å². The zero-order chi connectivity index (χ0) is 25.5. The average molecular weight is 631 g/mol. The number of benzene rings is 2. The molecule has 1 fully saturated rings. The van der Waals surface area contributed by atoms with Gasteiger partial charge in [-0.05, 0) is 83.2 Å².